The maximum absolute atomic E-state index is 6.24. The van der Waals surface area contributed by atoms with Crippen molar-refractivity contribution >= 4 is 18.6 Å². The number of fused-ring (bicyclic) bond motifs is 3. The van der Waals surface area contributed by atoms with Gasteiger partial charge in [-0.25, -0.2) is 0 Å². The van der Waals surface area contributed by atoms with E-state index in [1.54, 1.807) is 0 Å². The molecule has 4 heteroatoms. The molecule has 1 aliphatic carbocycles. The molecule has 0 aromatic heterocycles. The van der Waals surface area contributed by atoms with Crippen LogP contribution in [0.1, 0.15) is 28.4 Å². The Morgan fingerprint density at radius 1 is 0.633 bits per heavy atom. The van der Waals surface area contributed by atoms with Crippen LogP contribution in [0, 0.1) is 0 Å². The van der Waals surface area contributed by atoms with Gasteiger partial charge in [-0.3, -0.25) is 0 Å². The van der Waals surface area contributed by atoms with Crippen LogP contribution in [-0.2, 0) is 25.9 Å². The van der Waals surface area contributed by atoms with E-state index in [0.29, 0.717) is 0 Å². The molecular weight excluding hydrogens is 447 g/mol. The average molecular weight is 466 g/mol. The molecule has 4 aromatic rings. The molecule has 0 bridgehead atoms. The molecule has 0 radical (unpaired) electrons. The van der Waals surface area contributed by atoms with Crippen molar-refractivity contribution < 1.29 is 19.5 Å². The first-order valence-corrected chi connectivity index (χ1v) is 14.8. The van der Waals surface area contributed by atoms with E-state index in [2.05, 4.69) is 78.9 Å². The van der Waals surface area contributed by atoms with Crippen molar-refractivity contribution in [3.63, 3.8) is 0 Å². The van der Waals surface area contributed by atoms with E-state index in [-0.39, 0.29) is 6.10 Å². The summed E-state index contributed by atoms with van der Waals surface area (Å²) >= 11 is -2.58. The molecule has 30 heavy (non-hydrogen) atoms. The average Bonchev–Trinajstić information content (AvgIpc) is 3.17. The third-order valence-corrected chi connectivity index (χ3v) is 7.07. The van der Waals surface area contributed by atoms with Crippen LogP contribution in [0.25, 0.3) is 22.3 Å². The fourth-order valence-electron chi connectivity index (χ4n) is 4.41. The topological polar surface area (TPSA) is 9.23 Å². The number of benzene rings is 4. The van der Waals surface area contributed by atoms with Gasteiger partial charge in [-0.15, -0.1) is 0 Å². The Hall–Kier alpha value is -1.87. The van der Waals surface area contributed by atoms with Gasteiger partial charge in [0.25, 0.3) is 0 Å². The van der Waals surface area contributed by atoms with Gasteiger partial charge in [0.15, 0.2) is 0 Å². The minimum atomic E-state index is -2.58. The van der Waals surface area contributed by atoms with Crippen LogP contribution in [0.15, 0.2) is 97.1 Å². The standard InChI is InChI=1S/C26H19O.2ClH.Ti/c27-26(18-9-2-1-3-10-18)24-14-7-6-13-22(24)23-16-8-15-21-20-12-5-4-11-19(20)17-25(21)23;;;/h1-16,26H,17H2;2*1H;/q-1;;;+3/p-2. The molecule has 0 saturated carbocycles. The van der Waals surface area contributed by atoms with Gasteiger partial charge in [-0.2, -0.15) is 0 Å². The summed E-state index contributed by atoms with van der Waals surface area (Å²) < 4.78 is 6.16. The van der Waals surface area contributed by atoms with E-state index in [0.717, 1.165) is 17.5 Å². The summed E-state index contributed by atoms with van der Waals surface area (Å²) in [6.45, 7) is 0. The predicted molar refractivity (Wildman–Crippen MR) is 121 cm³/mol. The van der Waals surface area contributed by atoms with E-state index in [1.807, 2.05) is 18.2 Å². The van der Waals surface area contributed by atoms with Crippen molar-refractivity contribution in [2.45, 2.75) is 12.5 Å². The third-order valence-electron chi connectivity index (χ3n) is 5.69. The first kappa shape index (κ1) is 20.1. The van der Waals surface area contributed by atoms with Gasteiger partial charge in [-0.1, -0.05) is 0 Å². The van der Waals surface area contributed by atoms with E-state index < -0.39 is 16.1 Å². The zero-order valence-electron chi connectivity index (χ0n) is 16.2. The molecule has 0 fully saturated rings. The van der Waals surface area contributed by atoms with E-state index in [4.69, 9.17) is 21.9 Å². The Morgan fingerprint density at radius 3 is 2.00 bits per heavy atom. The molecule has 0 spiro atoms. The molecule has 147 valence electrons. The van der Waals surface area contributed by atoms with E-state index in [9.17, 15) is 0 Å². The van der Waals surface area contributed by atoms with Crippen molar-refractivity contribution in [3.8, 4) is 22.3 Å². The Bertz CT molecular complexity index is 1190. The molecule has 0 N–H and O–H groups in total. The van der Waals surface area contributed by atoms with Gasteiger partial charge in [0.2, 0.25) is 0 Å². The van der Waals surface area contributed by atoms with Gasteiger partial charge in [0.05, 0.1) is 0 Å². The van der Waals surface area contributed by atoms with Crippen LogP contribution < -0.4 is 0 Å². The SMILES string of the molecule is [Cl][Ti]([Cl])[O]C(c1ccccc1)c1ccccc1-c1cccc2c1Cc1ccccc1-2. The number of rotatable bonds is 5. The molecule has 0 heterocycles. The Labute approximate surface area is 191 Å². The van der Waals surface area contributed by atoms with Crippen LogP contribution in [0.4, 0.5) is 0 Å². The molecule has 0 saturated heterocycles. The number of hydrogen-bond donors (Lipinski definition) is 0. The van der Waals surface area contributed by atoms with Gasteiger partial charge in [-0.05, 0) is 0 Å². The summed E-state index contributed by atoms with van der Waals surface area (Å²) in [5.74, 6) is 0. The summed E-state index contributed by atoms with van der Waals surface area (Å²) in [6, 6.07) is 33.9. The van der Waals surface area contributed by atoms with Gasteiger partial charge in [0.1, 0.15) is 0 Å². The van der Waals surface area contributed by atoms with Crippen molar-refractivity contribution in [1.82, 2.24) is 0 Å². The second-order valence-electron chi connectivity index (χ2n) is 7.39. The molecule has 0 amide bonds. The first-order chi connectivity index (χ1) is 14.7. The zero-order chi connectivity index (χ0) is 20.5. The molecule has 1 nitrogen and oxygen atoms in total. The van der Waals surface area contributed by atoms with Crippen molar-refractivity contribution in [1.29, 1.82) is 0 Å². The zero-order valence-corrected chi connectivity index (χ0v) is 19.3. The summed E-state index contributed by atoms with van der Waals surface area (Å²) in [5.41, 5.74) is 9.97. The van der Waals surface area contributed by atoms with Gasteiger partial charge in [0, 0.05) is 0 Å². The van der Waals surface area contributed by atoms with Gasteiger partial charge < -0.3 is 0 Å². The predicted octanol–water partition coefficient (Wildman–Crippen LogP) is 7.87. The Kier molecular flexibility index (Phi) is 5.82. The summed E-state index contributed by atoms with van der Waals surface area (Å²) in [5, 5.41) is 0. The molecule has 0 aliphatic heterocycles. The third kappa shape index (κ3) is 3.77. The van der Waals surface area contributed by atoms with E-state index >= 15 is 0 Å². The first-order valence-electron chi connectivity index (χ1n) is 9.91. The normalized spacial score (nSPS) is 12.9. The minimum absolute atomic E-state index is 0.285. The monoisotopic (exact) mass is 465 g/mol. The molecule has 5 rings (SSSR count). The molecule has 1 unspecified atom stereocenters. The summed E-state index contributed by atoms with van der Waals surface area (Å²) in [4.78, 5) is 0. The van der Waals surface area contributed by atoms with Crippen LogP contribution in [0.2, 0.25) is 0 Å². The Balaban J connectivity index is 1.67. The summed E-state index contributed by atoms with van der Waals surface area (Å²) in [6.07, 6.45) is 0.656. The van der Waals surface area contributed by atoms with Crippen molar-refractivity contribution in [2.75, 3.05) is 0 Å². The fraction of sp³-hybridized carbons (Fsp3) is 0.0769. The molecular formula is C26H19Cl2OTi. The second kappa shape index (κ2) is 8.71. The van der Waals surface area contributed by atoms with Crippen LogP contribution >= 0.6 is 18.6 Å². The van der Waals surface area contributed by atoms with Gasteiger partial charge >= 0.3 is 192 Å². The Morgan fingerprint density at radius 2 is 1.23 bits per heavy atom. The fourth-order valence-corrected chi connectivity index (χ4v) is 5.83. The van der Waals surface area contributed by atoms with Crippen LogP contribution in [-0.4, -0.2) is 0 Å². The van der Waals surface area contributed by atoms with E-state index in [1.165, 1.54) is 33.4 Å². The molecule has 1 atom stereocenters. The number of hydrogen-bond acceptors (Lipinski definition) is 1. The summed E-state index contributed by atoms with van der Waals surface area (Å²) in [7, 11) is 12.5. The molecule has 1 aliphatic rings. The van der Waals surface area contributed by atoms with Crippen LogP contribution in [0.5, 0.6) is 0 Å². The maximum atomic E-state index is 6.24. The second-order valence-corrected chi connectivity index (χ2v) is 12.1. The number of halogens is 2. The van der Waals surface area contributed by atoms with Crippen molar-refractivity contribution in [3.05, 3.63) is 119 Å². The van der Waals surface area contributed by atoms with Crippen LogP contribution in [0.3, 0.4) is 0 Å². The van der Waals surface area contributed by atoms with Crippen molar-refractivity contribution in [2.24, 2.45) is 0 Å². The molecule has 4 aromatic carbocycles. The quantitative estimate of drug-likeness (QED) is 0.240.